The molecule has 0 atom stereocenters. The van der Waals surface area contributed by atoms with Gasteiger partial charge in [0.05, 0.1) is 0 Å². The Hall–Kier alpha value is -2.10. The second kappa shape index (κ2) is 5.49. The van der Waals surface area contributed by atoms with Crippen molar-refractivity contribution in [3.05, 3.63) is 42.2 Å². The lowest BCUT2D eigenvalue weighted by Crippen LogP contribution is -2.16. The summed E-state index contributed by atoms with van der Waals surface area (Å²) in [6, 6.07) is 10.6. The average Bonchev–Trinajstić information content (AvgIpc) is 2.89. The maximum absolute atomic E-state index is 4.42. The van der Waals surface area contributed by atoms with Gasteiger partial charge in [-0.3, -0.25) is 0 Å². The molecule has 4 nitrogen and oxygen atoms in total. The standard InChI is InChI=1S/C16H20N4/c1-12(2)10-17-15-9-16(19-11-18-15)20-8-7-13-5-3-4-6-14(13)20/h3-6,9,11-12H,7-8,10H2,1-2H3,(H,17,18,19). The summed E-state index contributed by atoms with van der Waals surface area (Å²) in [6.07, 6.45) is 2.72. The Balaban J connectivity index is 1.83. The number of hydrogen-bond acceptors (Lipinski definition) is 4. The lowest BCUT2D eigenvalue weighted by molar-refractivity contribution is 0.686. The zero-order chi connectivity index (χ0) is 13.9. The number of anilines is 3. The molecule has 0 bridgehead atoms. The second-order valence-corrected chi connectivity index (χ2v) is 5.57. The van der Waals surface area contributed by atoms with Crippen molar-refractivity contribution in [2.75, 3.05) is 23.3 Å². The average molecular weight is 268 g/mol. The molecule has 0 radical (unpaired) electrons. The van der Waals surface area contributed by atoms with Crippen LogP contribution in [0.2, 0.25) is 0 Å². The van der Waals surface area contributed by atoms with E-state index in [1.165, 1.54) is 11.3 Å². The molecule has 0 spiro atoms. The van der Waals surface area contributed by atoms with Crippen molar-refractivity contribution in [3.63, 3.8) is 0 Å². The van der Waals surface area contributed by atoms with Gasteiger partial charge in [-0.15, -0.1) is 0 Å². The van der Waals surface area contributed by atoms with E-state index in [0.717, 1.165) is 31.1 Å². The first-order valence-corrected chi connectivity index (χ1v) is 7.15. The number of hydrogen-bond donors (Lipinski definition) is 1. The highest BCUT2D eigenvalue weighted by molar-refractivity contribution is 5.68. The van der Waals surface area contributed by atoms with Crippen LogP contribution in [0.25, 0.3) is 0 Å². The molecular weight excluding hydrogens is 248 g/mol. The SMILES string of the molecule is CC(C)CNc1cc(N2CCc3ccccc32)ncn1. The smallest absolute Gasteiger partial charge is 0.138 e. The van der Waals surface area contributed by atoms with Crippen molar-refractivity contribution in [2.24, 2.45) is 5.92 Å². The summed E-state index contributed by atoms with van der Waals surface area (Å²) in [6.45, 7) is 6.28. The van der Waals surface area contributed by atoms with Crippen LogP contribution >= 0.6 is 0 Å². The van der Waals surface area contributed by atoms with E-state index in [9.17, 15) is 0 Å². The molecule has 1 aromatic heterocycles. The van der Waals surface area contributed by atoms with Crippen molar-refractivity contribution >= 4 is 17.3 Å². The van der Waals surface area contributed by atoms with E-state index >= 15 is 0 Å². The minimum atomic E-state index is 0.598. The highest BCUT2D eigenvalue weighted by Crippen LogP contribution is 2.33. The number of aromatic nitrogens is 2. The van der Waals surface area contributed by atoms with Gasteiger partial charge in [-0.1, -0.05) is 32.0 Å². The maximum atomic E-state index is 4.42. The predicted molar refractivity (Wildman–Crippen MR) is 82.5 cm³/mol. The van der Waals surface area contributed by atoms with Gasteiger partial charge in [-0.2, -0.15) is 0 Å². The Bertz CT molecular complexity index is 595. The topological polar surface area (TPSA) is 41.0 Å². The van der Waals surface area contributed by atoms with Gasteiger partial charge < -0.3 is 10.2 Å². The summed E-state index contributed by atoms with van der Waals surface area (Å²) in [5, 5.41) is 3.35. The Morgan fingerprint density at radius 1 is 1.25 bits per heavy atom. The van der Waals surface area contributed by atoms with E-state index in [4.69, 9.17) is 0 Å². The molecule has 104 valence electrons. The van der Waals surface area contributed by atoms with E-state index in [0.29, 0.717) is 5.92 Å². The van der Waals surface area contributed by atoms with Crippen LogP contribution in [-0.4, -0.2) is 23.1 Å². The molecule has 20 heavy (non-hydrogen) atoms. The third-order valence-electron chi connectivity index (χ3n) is 3.51. The van der Waals surface area contributed by atoms with Gasteiger partial charge in [-0.25, -0.2) is 9.97 Å². The Morgan fingerprint density at radius 3 is 2.95 bits per heavy atom. The first-order chi connectivity index (χ1) is 9.74. The number of para-hydroxylation sites is 1. The molecule has 0 amide bonds. The van der Waals surface area contributed by atoms with Gasteiger partial charge in [0, 0.05) is 24.8 Å². The quantitative estimate of drug-likeness (QED) is 0.924. The maximum Gasteiger partial charge on any atom is 0.138 e. The second-order valence-electron chi connectivity index (χ2n) is 5.57. The minimum Gasteiger partial charge on any atom is -0.370 e. The van der Waals surface area contributed by atoms with Crippen LogP contribution in [-0.2, 0) is 6.42 Å². The number of fused-ring (bicyclic) bond motifs is 1. The Morgan fingerprint density at radius 2 is 2.10 bits per heavy atom. The van der Waals surface area contributed by atoms with Crippen LogP contribution in [0.1, 0.15) is 19.4 Å². The minimum absolute atomic E-state index is 0.598. The third-order valence-corrected chi connectivity index (χ3v) is 3.51. The molecule has 2 aromatic rings. The van der Waals surface area contributed by atoms with Crippen LogP contribution in [0.15, 0.2) is 36.7 Å². The molecule has 0 saturated carbocycles. The number of rotatable bonds is 4. The molecule has 1 N–H and O–H groups in total. The van der Waals surface area contributed by atoms with Crippen molar-refractivity contribution in [1.29, 1.82) is 0 Å². The van der Waals surface area contributed by atoms with Gasteiger partial charge in [0.15, 0.2) is 0 Å². The Labute approximate surface area is 119 Å². The first-order valence-electron chi connectivity index (χ1n) is 7.15. The first kappa shape index (κ1) is 12.9. The molecular formula is C16H20N4. The van der Waals surface area contributed by atoms with E-state index in [2.05, 4.69) is 58.3 Å². The number of nitrogens with one attached hydrogen (secondary N) is 1. The molecule has 0 fully saturated rings. The summed E-state index contributed by atoms with van der Waals surface area (Å²) in [5.41, 5.74) is 2.66. The fourth-order valence-electron chi connectivity index (χ4n) is 2.48. The predicted octanol–water partition coefficient (Wildman–Crippen LogP) is 3.24. The molecule has 1 aliphatic heterocycles. The highest BCUT2D eigenvalue weighted by atomic mass is 15.2. The third kappa shape index (κ3) is 2.59. The lowest BCUT2D eigenvalue weighted by Gasteiger charge is -2.19. The molecule has 1 aliphatic rings. The van der Waals surface area contributed by atoms with Crippen LogP contribution in [0.5, 0.6) is 0 Å². The highest BCUT2D eigenvalue weighted by Gasteiger charge is 2.20. The lowest BCUT2D eigenvalue weighted by atomic mass is 10.2. The number of benzene rings is 1. The number of nitrogens with zero attached hydrogens (tertiary/aromatic N) is 3. The van der Waals surface area contributed by atoms with Gasteiger partial charge in [0.25, 0.3) is 0 Å². The molecule has 1 aromatic carbocycles. The molecule has 2 heterocycles. The fraction of sp³-hybridized carbons (Fsp3) is 0.375. The van der Waals surface area contributed by atoms with Crippen LogP contribution in [0.3, 0.4) is 0 Å². The summed E-state index contributed by atoms with van der Waals surface area (Å²) in [4.78, 5) is 11.0. The van der Waals surface area contributed by atoms with E-state index in [1.54, 1.807) is 6.33 Å². The zero-order valence-corrected chi connectivity index (χ0v) is 12.0. The van der Waals surface area contributed by atoms with Gasteiger partial charge >= 0.3 is 0 Å². The Kier molecular flexibility index (Phi) is 3.54. The van der Waals surface area contributed by atoms with Crippen LogP contribution < -0.4 is 10.2 Å². The van der Waals surface area contributed by atoms with Crippen molar-refractivity contribution in [2.45, 2.75) is 20.3 Å². The molecule has 4 heteroatoms. The zero-order valence-electron chi connectivity index (χ0n) is 12.0. The van der Waals surface area contributed by atoms with Crippen LogP contribution in [0, 0.1) is 5.92 Å². The van der Waals surface area contributed by atoms with E-state index in [-0.39, 0.29) is 0 Å². The normalized spacial score (nSPS) is 13.7. The van der Waals surface area contributed by atoms with Gasteiger partial charge in [0.1, 0.15) is 18.0 Å². The summed E-state index contributed by atoms with van der Waals surface area (Å²) >= 11 is 0. The van der Waals surface area contributed by atoms with Crippen LogP contribution in [0.4, 0.5) is 17.3 Å². The van der Waals surface area contributed by atoms with Gasteiger partial charge in [-0.05, 0) is 24.0 Å². The van der Waals surface area contributed by atoms with Crippen molar-refractivity contribution < 1.29 is 0 Å². The molecule has 3 rings (SSSR count). The monoisotopic (exact) mass is 268 g/mol. The summed E-state index contributed by atoms with van der Waals surface area (Å²) in [7, 11) is 0. The van der Waals surface area contributed by atoms with Crippen molar-refractivity contribution in [1.82, 2.24) is 9.97 Å². The van der Waals surface area contributed by atoms with E-state index < -0.39 is 0 Å². The molecule has 0 aliphatic carbocycles. The summed E-state index contributed by atoms with van der Waals surface area (Å²) in [5.74, 6) is 2.46. The largest absolute Gasteiger partial charge is 0.370 e. The fourth-order valence-corrected chi connectivity index (χ4v) is 2.48. The molecule has 0 unspecified atom stereocenters. The summed E-state index contributed by atoms with van der Waals surface area (Å²) < 4.78 is 0. The van der Waals surface area contributed by atoms with Gasteiger partial charge in [0.2, 0.25) is 0 Å². The molecule has 0 saturated heterocycles. The van der Waals surface area contributed by atoms with Crippen molar-refractivity contribution in [3.8, 4) is 0 Å². The van der Waals surface area contributed by atoms with E-state index in [1.807, 2.05) is 6.07 Å².